The van der Waals surface area contributed by atoms with Crippen molar-refractivity contribution < 1.29 is 8.78 Å². The molecule has 2 rings (SSSR count). The van der Waals surface area contributed by atoms with Crippen LogP contribution in [0.3, 0.4) is 0 Å². The second-order valence-electron chi connectivity index (χ2n) is 3.65. The van der Waals surface area contributed by atoms with Crippen molar-refractivity contribution >= 4 is 31.9 Å². The molecular formula is C14H12Br2F2. The molecule has 0 aliphatic carbocycles. The molecule has 0 aromatic heterocycles. The van der Waals surface area contributed by atoms with Crippen molar-refractivity contribution in [1.82, 2.24) is 0 Å². The van der Waals surface area contributed by atoms with Gasteiger partial charge in [-0.3, -0.25) is 0 Å². The summed E-state index contributed by atoms with van der Waals surface area (Å²) in [5, 5.41) is 0. The van der Waals surface area contributed by atoms with E-state index in [1.165, 1.54) is 12.1 Å². The van der Waals surface area contributed by atoms with Crippen molar-refractivity contribution in [2.24, 2.45) is 0 Å². The van der Waals surface area contributed by atoms with Crippen LogP contribution in [0.25, 0.3) is 0 Å². The first-order chi connectivity index (χ1) is 8.52. The number of benzene rings is 2. The number of alkyl halides is 1. The lowest BCUT2D eigenvalue weighted by atomic mass is 10.2. The van der Waals surface area contributed by atoms with Gasteiger partial charge in [0.2, 0.25) is 0 Å². The highest BCUT2D eigenvalue weighted by Crippen LogP contribution is 2.15. The fraction of sp³-hybridized carbons (Fsp3) is 0.143. The van der Waals surface area contributed by atoms with Gasteiger partial charge in [-0.15, -0.1) is 0 Å². The second kappa shape index (κ2) is 7.64. The average Bonchev–Trinajstić information content (AvgIpc) is 2.36. The van der Waals surface area contributed by atoms with Gasteiger partial charge in [0.1, 0.15) is 12.5 Å². The highest BCUT2D eigenvalue weighted by Gasteiger charge is 1.93. The summed E-state index contributed by atoms with van der Waals surface area (Å²) in [6.45, 7) is 1.54. The first-order valence-electron chi connectivity index (χ1n) is 5.25. The molecule has 0 N–H and O–H groups in total. The summed E-state index contributed by atoms with van der Waals surface area (Å²) in [6, 6.07) is 11.8. The SMILES string of the molecule is Cc1ccc(F)cc1Br.FCc1ccc(Br)cc1. The quantitative estimate of drug-likeness (QED) is 0.587. The summed E-state index contributed by atoms with van der Waals surface area (Å²) < 4.78 is 26.0. The van der Waals surface area contributed by atoms with Crippen molar-refractivity contribution in [3.63, 3.8) is 0 Å². The third-order valence-corrected chi connectivity index (χ3v) is 3.58. The molecule has 18 heavy (non-hydrogen) atoms. The van der Waals surface area contributed by atoms with Crippen LogP contribution in [0.5, 0.6) is 0 Å². The number of hydrogen-bond donors (Lipinski definition) is 0. The predicted octanol–water partition coefficient (Wildman–Crippen LogP) is 5.82. The van der Waals surface area contributed by atoms with E-state index in [0.29, 0.717) is 0 Å². The highest BCUT2D eigenvalue weighted by molar-refractivity contribution is 9.10. The van der Waals surface area contributed by atoms with E-state index in [2.05, 4.69) is 31.9 Å². The molecule has 0 aliphatic rings. The predicted molar refractivity (Wildman–Crippen MR) is 77.8 cm³/mol. The van der Waals surface area contributed by atoms with Crippen LogP contribution in [0.1, 0.15) is 11.1 Å². The van der Waals surface area contributed by atoms with Crippen LogP contribution in [-0.4, -0.2) is 0 Å². The Balaban J connectivity index is 0.000000180. The third kappa shape index (κ3) is 5.27. The van der Waals surface area contributed by atoms with Crippen molar-refractivity contribution in [3.8, 4) is 0 Å². The van der Waals surface area contributed by atoms with Crippen LogP contribution in [0.15, 0.2) is 51.4 Å². The van der Waals surface area contributed by atoms with E-state index in [-0.39, 0.29) is 12.5 Å². The van der Waals surface area contributed by atoms with Gasteiger partial charge in [-0.1, -0.05) is 50.1 Å². The number of rotatable bonds is 1. The fourth-order valence-corrected chi connectivity index (χ4v) is 1.76. The van der Waals surface area contributed by atoms with E-state index in [4.69, 9.17) is 0 Å². The van der Waals surface area contributed by atoms with Gasteiger partial charge in [-0.05, 0) is 42.3 Å². The molecule has 4 heteroatoms. The van der Waals surface area contributed by atoms with Gasteiger partial charge in [0.25, 0.3) is 0 Å². The molecule has 0 unspecified atom stereocenters. The second-order valence-corrected chi connectivity index (χ2v) is 5.42. The Morgan fingerprint density at radius 2 is 1.61 bits per heavy atom. The molecule has 0 amide bonds. The van der Waals surface area contributed by atoms with E-state index in [1.807, 2.05) is 19.1 Å². The Bertz CT molecular complexity index is 496. The van der Waals surface area contributed by atoms with Crippen LogP contribution < -0.4 is 0 Å². The molecule has 0 atom stereocenters. The fourth-order valence-electron chi connectivity index (χ4n) is 1.14. The van der Waals surface area contributed by atoms with E-state index in [1.54, 1.807) is 18.2 Å². The average molecular weight is 378 g/mol. The van der Waals surface area contributed by atoms with Crippen molar-refractivity contribution in [2.45, 2.75) is 13.6 Å². The molecular weight excluding hydrogens is 366 g/mol. The lowest BCUT2D eigenvalue weighted by Gasteiger charge is -1.94. The molecule has 0 heterocycles. The monoisotopic (exact) mass is 376 g/mol. The molecule has 0 radical (unpaired) electrons. The molecule has 2 aromatic rings. The van der Waals surface area contributed by atoms with Crippen LogP contribution in [0, 0.1) is 12.7 Å². The first kappa shape index (κ1) is 15.3. The van der Waals surface area contributed by atoms with Crippen molar-refractivity contribution in [3.05, 3.63) is 68.4 Å². The van der Waals surface area contributed by atoms with E-state index >= 15 is 0 Å². The molecule has 0 aliphatic heterocycles. The molecule has 96 valence electrons. The Morgan fingerprint density at radius 3 is 2.06 bits per heavy atom. The smallest absolute Gasteiger partial charge is 0.124 e. The topological polar surface area (TPSA) is 0 Å². The van der Waals surface area contributed by atoms with E-state index < -0.39 is 0 Å². The van der Waals surface area contributed by atoms with Gasteiger partial charge in [-0.2, -0.15) is 0 Å². The molecule has 0 spiro atoms. The van der Waals surface area contributed by atoms with Crippen LogP contribution in [-0.2, 0) is 6.67 Å². The third-order valence-electron chi connectivity index (χ3n) is 2.20. The molecule has 0 saturated heterocycles. The minimum Gasteiger partial charge on any atom is -0.246 e. The maximum Gasteiger partial charge on any atom is 0.124 e. The van der Waals surface area contributed by atoms with Crippen molar-refractivity contribution in [2.75, 3.05) is 0 Å². The summed E-state index contributed by atoms with van der Waals surface area (Å²) in [7, 11) is 0. The standard InChI is InChI=1S/2C7H6BrF/c1-5-2-3-6(9)4-7(5)8;8-7-3-1-6(5-9)2-4-7/h2-4H,1H3;1-4H,5H2. The van der Waals surface area contributed by atoms with Crippen LogP contribution >= 0.6 is 31.9 Å². The van der Waals surface area contributed by atoms with Gasteiger partial charge in [0, 0.05) is 8.95 Å². The van der Waals surface area contributed by atoms with E-state index in [0.717, 1.165) is 20.1 Å². The van der Waals surface area contributed by atoms with Crippen LogP contribution in [0.2, 0.25) is 0 Å². The molecule has 0 fully saturated rings. The maximum atomic E-state index is 12.3. The summed E-state index contributed by atoms with van der Waals surface area (Å²) >= 11 is 6.46. The van der Waals surface area contributed by atoms with Gasteiger partial charge >= 0.3 is 0 Å². The minimum atomic E-state index is -0.382. The Labute approximate surface area is 122 Å². The highest BCUT2D eigenvalue weighted by atomic mass is 79.9. The zero-order chi connectivity index (χ0) is 13.5. The molecule has 0 nitrogen and oxygen atoms in total. The van der Waals surface area contributed by atoms with Crippen molar-refractivity contribution in [1.29, 1.82) is 0 Å². The van der Waals surface area contributed by atoms with E-state index in [9.17, 15) is 8.78 Å². The molecule has 2 aromatic carbocycles. The lowest BCUT2D eigenvalue weighted by Crippen LogP contribution is -1.76. The number of aryl methyl sites for hydroxylation is 1. The van der Waals surface area contributed by atoms with Gasteiger partial charge in [-0.25, -0.2) is 8.78 Å². The Kier molecular flexibility index (Phi) is 6.50. The summed E-state index contributed by atoms with van der Waals surface area (Å²) in [6.07, 6.45) is 0. The molecule has 0 bridgehead atoms. The lowest BCUT2D eigenvalue weighted by molar-refractivity contribution is 0.485. The summed E-state index contributed by atoms with van der Waals surface area (Å²) in [4.78, 5) is 0. The van der Waals surface area contributed by atoms with Crippen LogP contribution in [0.4, 0.5) is 8.78 Å². The Morgan fingerprint density at radius 1 is 1.00 bits per heavy atom. The largest absolute Gasteiger partial charge is 0.246 e. The molecule has 0 saturated carbocycles. The maximum absolute atomic E-state index is 12.3. The van der Waals surface area contributed by atoms with Gasteiger partial charge in [0.05, 0.1) is 0 Å². The first-order valence-corrected chi connectivity index (χ1v) is 6.83. The normalized spacial score (nSPS) is 9.61. The van der Waals surface area contributed by atoms with Gasteiger partial charge < -0.3 is 0 Å². The minimum absolute atomic E-state index is 0.201. The summed E-state index contributed by atoms with van der Waals surface area (Å²) in [5.41, 5.74) is 1.77. The zero-order valence-electron chi connectivity index (χ0n) is 9.76. The Hall–Kier alpha value is -0.740. The summed E-state index contributed by atoms with van der Waals surface area (Å²) in [5.74, 6) is -0.201. The zero-order valence-corrected chi connectivity index (χ0v) is 12.9. The van der Waals surface area contributed by atoms with Gasteiger partial charge in [0.15, 0.2) is 0 Å². The number of hydrogen-bond acceptors (Lipinski definition) is 0. The number of halogens is 4.